The molecule has 0 aromatic rings. The smallest absolute Gasteiger partial charge is 0.303 e. The minimum absolute atomic E-state index is 0.200. The number of unbranched alkanes of at least 4 members (excludes halogenated alkanes) is 2. The lowest BCUT2D eigenvalue weighted by Crippen LogP contribution is -2.13. The Labute approximate surface area is 87.0 Å². The van der Waals surface area contributed by atoms with Crippen molar-refractivity contribution in [3.63, 3.8) is 0 Å². The highest BCUT2D eigenvalue weighted by atomic mass is 16.5. The maximum absolute atomic E-state index is 10.7. The molecule has 0 amide bonds. The molecule has 0 N–H and O–H groups in total. The van der Waals surface area contributed by atoms with Crippen LogP contribution in [0.2, 0.25) is 0 Å². The Hall–Kier alpha value is -0.970. The summed E-state index contributed by atoms with van der Waals surface area (Å²) < 4.78 is 5.06. The molecular weight excluding hydrogens is 176 g/mol. The first kappa shape index (κ1) is 13.0. The van der Waals surface area contributed by atoms with Gasteiger partial charge in [-0.05, 0) is 12.8 Å². The Kier molecular flexibility index (Phi) is 8.02. The second-order valence-corrected chi connectivity index (χ2v) is 3.31. The zero-order valence-corrected chi connectivity index (χ0v) is 9.43. The van der Waals surface area contributed by atoms with Gasteiger partial charge >= 0.3 is 5.97 Å². The van der Waals surface area contributed by atoms with Gasteiger partial charge in [0.2, 0.25) is 0 Å². The summed E-state index contributed by atoms with van der Waals surface area (Å²) in [6.07, 6.45) is 4.79. The molecule has 0 radical (unpaired) electrons. The van der Waals surface area contributed by atoms with Crippen molar-refractivity contribution in [2.24, 2.45) is 0 Å². The summed E-state index contributed by atoms with van der Waals surface area (Å²) in [5, 5.41) is 0. The number of carbonyl (C=O) groups is 1. The zero-order chi connectivity index (χ0) is 10.8. The van der Waals surface area contributed by atoms with Crippen molar-refractivity contribution in [1.29, 1.82) is 0 Å². The van der Waals surface area contributed by atoms with Crippen molar-refractivity contribution in [3.8, 4) is 11.8 Å². The van der Waals surface area contributed by atoms with E-state index in [1.807, 2.05) is 0 Å². The molecule has 14 heavy (non-hydrogen) atoms. The van der Waals surface area contributed by atoms with Crippen LogP contribution in [0.4, 0.5) is 0 Å². The molecular formula is C12H20O2. The molecule has 0 spiro atoms. The fourth-order valence-electron chi connectivity index (χ4n) is 1.07. The van der Waals surface area contributed by atoms with E-state index in [0.717, 1.165) is 32.1 Å². The van der Waals surface area contributed by atoms with E-state index in [9.17, 15) is 4.79 Å². The third kappa shape index (κ3) is 7.67. The summed E-state index contributed by atoms with van der Waals surface area (Å²) in [6.45, 7) is 5.62. The van der Waals surface area contributed by atoms with Crippen molar-refractivity contribution in [2.75, 3.05) is 0 Å². The van der Waals surface area contributed by atoms with E-state index in [-0.39, 0.29) is 12.1 Å². The van der Waals surface area contributed by atoms with Gasteiger partial charge < -0.3 is 4.74 Å². The van der Waals surface area contributed by atoms with Crippen molar-refractivity contribution >= 4 is 5.97 Å². The number of esters is 1. The van der Waals surface area contributed by atoms with Gasteiger partial charge in [0.05, 0.1) is 0 Å². The normalized spacial score (nSPS) is 11.4. The monoisotopic (exact) mass is 196 g/mol. The van der Waals surface area contributed by atoms with Crippen LogP contribution in [0, 0.1) is 11.8 Å². The molecule has 0 aliphatic rings. The van der Waals surface area contributed by atoms with E-state index in [2.05, 4.69) is 25.7 Å². The van der Waals surface area contributed by atoms with Crippen LogP contribution in [-0.2, 0) is 9.53 Å². The van der Waals surface area contributed by atoms with E-state index in [1.54, 1.807) is 0 Å². The first-order valence-electron chi connectivity index (χ1n) is 5.36. The van der Waals surface area contributed by atoms with Crippen molar-refractivity contribution in [1.82, 2.24) is 0 Å². The van der Waals surface area contributed by atoms with Crippen molar-refractivity contribution < 1.29 is 9.53 Å². The highest BCUT2D eigenvalue weighted by Crippen LogP contribution is 2.01. The second-order valence-electron chi connectivity index (χ2n) is 3.31. The van der Waals surface area contributed by atoms with Crippen molar-refractivity contribution in [3.05, 3.63) is 0 Å². The van der Waals surface area contributed by atoms with Crippen molar-refractivity contribution in [2.45, 2.75) is 59.0 Å². The lowest BCUT2D eigenvalue weighted by molar-refractivity contribution is -0.143. The van der Waals surface area contributed by atoms with Crippen LogP contribution in [0.1, 0.15) is 52.9 Å². The van der Waals surface area contributed by atoms with Crippen LogP contribution in [0.5, 0.6) is 0 Å². The molecule has 0 aromatic carbocycles. The lowest BCUT2D eigenvalue weighted by atomic mass is 10.2. The Morgan fingerprint density at radius 1 is 1.36 bits per heavy atom. The van der Waals surface area contributed by atoms with Crippen LogP contribution in [0.3, 0.4) is 0 Å². The van der Waals surface area contributed by atoms with Crippen LogP contribution < -0.4 is 0 Å². The summed E-state index contributed by atoms with van der Waals surface area (Å²) in [5.74, 6) is 5.80. The highest BCUT2D eigenvalue weighted by Gasteiger charge is 2.05. The summed E-state index contributed by atoms with van der Waals surface area (Å²) in [4.78, 5) is 10.7. The Balaban J connectivity index is 3.91. The Morgan fingerprint density at radius 2 is 2.07 bits per heavy atom. The molecule has 2 nitrogen and oxygen atoms in total. The minimum Gasteiger partial charge on any atom is -0.449 e. The predicted octanol–water partition coefficient (Wildman–Crippen LogP) is 2.91. The minimum atomic E-state index is -0.242. The van der Waals surface area contributed by atoms with Gasteiger partial charge in [0.1, 0.15) is 0 Å². The molecule has 1 unspecified atom stereocenters. The topological polar surface area (TPSA) is 26.3 Å². The SMILES string of the molecule is CCCCC#CC(CCC)OC(C)=O. The number of carbonyl (C=O) groups excluding carboxylic acids is 1. The molecule has 0 fully saturated rings. The van der Waals surface area contributed by atoms with Gasteiger partial charge in [-0.3, -0.25) is 4.79 Å². The second kappa shape index (κ2) is 8.62. The number of hydrogen-bond donors (Lipinski definition) is 0. The van der Waals surface area contributed by atoms with Crippen LogP contribution in [-0.4, -0.2) is 12.1 Å². The van der Waals surface area contributed by atoms with E-state index in [4.69, 9.17) is 4.74 Å². The highest BCUT2D eigenvalue weighted by molar-refractivity contribution is 5.66. The first-order chi connectivity index (χ1) is 6.70. The van der Waals surface area contributed by atoms with Crippen LogP contribution in [0.25, 0.3) is 0 Å². The quantitative estimate of drug-likeness (QED) is 0.384. The number of ether oxygens (including phenoxy) is 1. The predicted molar refractivity (Wildman–Crippen MR) is 57.8 cm³/mol. The van der Waals surface area contributed by atoms with Gasteiger partial charge in [-0.2, -0.15) is 0 Å². The first-order valence-corrected chi connectivity index (χ1v) is 5.36. The van der Waals surface area contributed by atoms with Gasteiger partial charge in [-0.25, -0.2) is 0 Å². The Bertz CT molecular complexity index is 210. The maximum atomic E-state index is 10.7. The van der Waals surface area contributed by atoms with Gasteiger partial charge in [0, 0.05) is 13.3 Å². The fraction of sp³-hybridized carbons (Fsp3) is 0.750. The van der Waals surface area contributed by atoms with E-state index in [1.165, 1.54) is 6.92 Å². The lowest BCUT2D eigenvalue weighted by Gasteiger charge is -2.08. The summed E-state index contributed by atoms with van der Waals surface area (Å²) in [6, 6.07) is 0. The van der Waals surface area contributed by atoms with Gasteiger partial charge in [-0.15, -0.1) is 0 Å². The van der Waals surface area contributed by atoms with E-state index >= 15 is 0 Å². The Morgan fingerprint density at radius 3 is 2.57 bits per heavy atom. The number of hydrogen-bond acceptors (Lipinski definition) is 2. The molecule has 0 saturated carbocycles. The third-order valence-electron chi connectivity index (χ3n) is 1.78. The standard InChI is InChI=1S/C12H20O2/c1-4-6-7-8-10-12(9-5-2)14-11(3)13/h12H,4-7,9H2,1-3H3. The molecule has 2 heteroatoms. The van der Waals surface area contributed by atoms with Crippen LogP contribution >= 0.6 is 0 Å². The molecule has 0 aliphatic carbocycles. The fourth-order valence-corrected chi connectivity index (χ4v) is 1.07. The molecule has 0 heterocycles. The average Bonchev–Trinajstić information content (AvgIpc) is 2.12. The third-order valence-corrected chi connectivity index (χ3v) is 1.78. The molecule has 0 bridgehead atoms. The number of rotatable bonds is 5. The average molecular weight is 196 g/mol. The maximum Gasteiger partial charge on any atom is 0.303 e. The van der Waals surface area contributed by atoms with E-state index < -0.39 is 0 Å². The molecule has 80 valence electrons. The van der Waals surface area contributed by atoms with E-state index in [0.29, 0.717) is 0 Å². The van der Waals surface area contributed by atoms with Gasteiger partial charge in [0.25, 0.3) is 0 Å². The molecule has 0 rings (SSSR count). The molecule has 0 aromatic heterocycles. The zero-order valence-electron chi connectivity index (χ0n) is 9.43. The van der Waals surface area contributed by atoms with Gasteiger partial charge in [0.15, 0.2) is 6.10 Å². The van der Waals surface area contributed by atoms with Gasteiger partial charge in [-0.1, -0.05) is 38.5 Å². The molecule has 0 aliphatic heterocycles. The summed E-state index contributed by atoms with van der Waals surface area (Å²) in [5.41, 5.74) is 0. The largest absolute Gasteiger partial charge is 0.449 e. The summed E-state index contributed by atoms with van der Waals surface area (Å²) >= 11 is 0. The molecule has 1 atom stereocenters. The summed E-state index contributed by atoms with van der Waals surface area (Å²) in [7, 11) is 0. The molecule has 0 saturated heterocycles. The van der Waals surface area contributed by atoms with Crippen LogP contribution in [0.15, 0.2) is 0 Å².